The van der Waals surface area contributed by atoms with Gasteiger partial charge in [-0.25, -0.2) is 0 Å². The van der Waals surface area contributed by atoms with E-state index in [1.807, 2.05) is 25.1 Å². The van der Waals surface area contributed by atoms with E-state index in [2.05, 4.69) is 5.32 Å². The predicted molar refractivity (Wildman–Crippen MR) is 77.8 cm³/mol. The van der Waals surface area contributed by atoms with Crippen molar-refractivity contribution in [3.05, 3.63) is 29.3 Å². The molecule has 110 valence electrons. The molecule has 20 heavy (non-hydrogen) atoms. The van der Waals surface area contributed by atoms with E-state index in [-0.39, 0.29) is 18.1 Å². The minimum Gasteiger partial charge on any atom is -0.496 e. The molecule has 0 spiro atoms. The molecule has 1 amide bonds. The number of rotatable bonds is 4. The number of amides is 1. The summed E-state index contributed by atoms with van der Waals surface area (Å²) in [4.78, 5) is 12.0. The van der Waals surface area contributed by atoms with Crippen molar-refractivity contribution >= 4 is 5.91 Å². The number of aliphatic hydroxyl groups excluding tert-OH is 1. The summed E-state index contributed by atoms with van der Waals surface area (Å²) in [5, 5.41) is 12.5. The summed E-state index contributed by atoms with van der Waals surface area (Å²) >= 11 is 0. The fraction of sp³-hybridized carbons (Fsp3) is 0.562. The highest BCUT2D eigenvalue weighted by Gasteiger charge is 2.20. The molecule has 0 atom stereocenters. The third kappa shape index (κ3) is 3.97. The highest BCUT2D eigenvalue weighted by Crippen LogP contribution is 2.20. The number of hydrogen-bond donors (Lipinski definition) is 2. The van der Waals surface area contributed by atoms with Crippen molar-refractivity contribution in [2.45, 2.75) is 51.2 Å². The number of hydrogen-bond acceptors (Lipinski definition) is 3. The van der Waals surface area contributed by atoms with Gasteiger partial charge in [0.15, 0.2) is 0 Å². The number of ether oxygens (including phenoxy) is 1. The number of aryl methyl sites for hydroxylation is 1. The summed E-state index contributed by atoms with van der Waals surface area (Å²) in [7, 11) is 1.64. The number of methoxy groups -OCH3 is 1. The van der Waals surface area contributed by atoms with Gasteiger partial charge in [0, 0.05) is 6.04 Å². The van der Waals surface area contributed by atoms with Crippen molar-refractivity contribution in [1.29, 1.82) is 0 Å². The Labute approximate surface area is 120 Å². The standard InChI is InChI=1S/C16H23NO3/c1-11-3-4-12(9-15(11)20-2)10-16(19)17-13-5-7-14(18)8-6-13/h3-4,9,13-14,18H,5-8,10H2,1-2H3,(H,17,19). The Hall–Kier alpha value is -1.55. The summed E-state index contributed by atoms with van der Waals surface area (Å²) < 4.78 is 5.27. The maximum absolute atomic E-state index is 12.0. The molecule has 1 aromatic carbocycles. The van der Waals surface area contributed by atoms with Gasteiger partial charge < -0.3 is 15.2 Å². The van der Waals surface area contributed by atoms with Crippen LogP contribution >= 0.6 is 0 Å². The SMILES string of the molecule is COc1cc(CC(=O)NC2CCC(O)CC2)ccc1C. The summed E-state index contributed by atoms with van der Waals surface area (Å²) in [6, 6.07) is 6.05. The van der Waals surface area contributed by atoms with Crippen LogP contribution in [0.25, 0.3) is 0 Å². The van der Waals surface area contributed by atoms with Crippen LogP contribution < -0.4 is 10.1 Å². The fourth-order valence-electron chi connectivity index (χ4n) is 2.66. The lowest BCUT2D eigenvalue weighted by Gasteiger charge is -2.26. The first kappa shape index (κ1) is 14.9. The molecule has 1 fully saturated rings. The highest BCUT2D eigenvalue weighted by atomic mass is 16.5. The predicted octanol–water partition coefficient (Wildman–Crippen LogP) is 1.97. The Morgan fingerprint density at radius 2 is 2.05 bits per heavy atom. The van der Waals surface area contributed by atoms with Crippen LogP contribution in [0.3, 0.4) is 0 Å². The van der Waals surface area contributed by atoms with Gasteiger partial charge in [0.1, 0.15) is 5.75 Å². The first-order valence-electron chi connectivity index (χ1n) is 7.19. The van der Waals surface area contributed by atoms with E-state index in [1.165, 1.54) is 0 Å². The molecule has 0 unspecified atom stereocenters. The number of carbonyl (C=O) groups is 1. The Morgan fingerprint density at radius 3 is 2.70 bits per heavy atom. The molecule has 4 heteroatoms. The highest BCUT2D eigenvalue weighted by molar-refractivity contribution is 5.79. The first-order chi connectivity index (χ1) is 9.58. The molecular formula is C16H23NO3. The van der Waals surface area contributed by atoms with Gasteiger partial charge in [-0.2, -0.15) is 0 Å². The number of aliphatic hydroxyl groups is 1. The van der Waals surface area contributed by atoms with Gasteiger partial charge in [0.2, 0.25) is 5.91 Å². The zero-order chi connectivity index (χ0) is 14.5. The monoisotopic (exact) mass is 277 g/mol. The normalized spacial score (nSPS) is 22.4. The molecular weight excluding hydrogens is 254 g/mol. The Balaban J connectivity index is 1.88. The van der Waals surface area contributed by atoms with Crippen LogP contribution in [-0.4, -0.2) is 30.3 Å². The largest absolute Gasteiger partial charge is 0.496 e. The maximum atomic E-state index is 12.0. The van der Waals surface area contributed by atoms with Gasteiger partial charge in [0.25, 0.3) is 0 Å². The number of benzene rings is 1. The van der Waals surface area contributed by atoms with Crippen LogP contribution in [0, 0.1) is 6.92 Å². The van der Waals surface area contributed by atoms with Crippen LogP contribution in [0.2, 0.25) is 0 Å². The Bertz CT molecular complexity index is 465. The summed E-state index contributed by atoms with van der Waals surface area (Å²) in [6.07, 6.45) is 3.47. The van der Waals surface area contributed by atoms with Crippen molar-refractivity contribution < 1.29 is 14.6 Å². The zero-order valence-corrected chi connectivity index (χ0v) is 12.2. The fourth-order valence-corrected chi connectivity index (χ4v) is 2.66. The van der Waals surface area contributed by atoms with Crippen LogP contribution in [0.4, 0.5) is 0 Å². The molecule has 2 rings (SSSR count). The second kappa shape index (κ2) is 6.75. The minimum atomic E-state index is -0.190. The molecule has 0 saturated heterocycles. The molecule has 1 aromatic rings. The van der Waals surface area contributed by atoms with Gasteiger partial charge >= 0.3 is 0 Å². The second-order valence-corrected chi connectivity index (χ2v) is 5.55. The van der Waals surface area contributed by atoms with E-state index in [0.717, 1.165) is 42.6 Å². The molecule has 1 aliphatic carbocycles. The molecule has 1 saturated carbocycles. The molecule has 4 nitrogen and oxygen atoms in total. The molecule has 2 N–H and O–H groups in total. The van der Waals surface area contributed by atoms with Crippen LogP contribution in [0.15, 0.2) is 18.2 Å². The minimum absolute atomic E-state index is 0.0392. The molecule has 1 aliphatic rings. The van der Waals surface area contributed by atoms with Crippen molar-refractivity contribution in [3.8, 4) is 5.75 Å². The zero-order valence-electron chi connectivity index (χ0n) is 12.2. The maximum Gasteiger partial charge on any atom is 0.224 e. The lowest BCUT2D eigenvalue weighted by molar-refractivity contribution is -0.121. The smallest absolute Gasteiger partial charge is 0.224 e. The number of nitrogens with one attached hydrogen (secondary N) is 1. The summed E-state index contributed by atoms with van der Waals surface area (Å²) in [5.74, 6) is 0.855. The average Bonchev–Trinajstić information content (AvgIpc) is 2.43. The van der Waals surface area contributed by atoms with Gasteiger partial charge in [-0.05, 0) is 49.8 Å². The van der Waals surface area contributed by atoms with Crippen LogP contribution in [0.5, 0.6) is 5.75 Å². The van der Waals surface area contributed by atoms with E-state index in [0.29, 0.717) is 6.42 Å². The second-order valence-electron chi connectivity index (χ2n) is 5.55. The van der Waals surface area contributed by atoms with E-state index < -0.39 is 0 Å². The van der Waals surface area contributed by atoms with Gasteiger partial charge in [0.05, 0.1) is 19.6 Å². The molecule has 0 aromatic heterocycles. The van der Waals surface area contributed by atoms with E-state index >= 15 is 0 Å². The van der Waals surface area contributed by atoms with Crippen molar-refractivity contribution in [3.63, 3.8) is 0 Å². The lowest BCUT2D eigenvalue weighted by Crippen LogP contribution is -2.39. The lowest BCUT2D eigenvalue weighted by atomic mass is 9.93. The molecule has 0 aliphatic heterocycles. The molecule has 0 radical (unpaired) electrons. The van der Waals surface area contributed by atoms with Crippen LogP contribution in [-0.2, 0) is 11.2 Å². The molecule has 0 bridgehead atoms. The molecule has 0 heterocycles. The van der Waals surface area contributed by atoms with Crippen molar-refractivity contribution in [1.82, 2.24) is 5.32 Å². The van der Waals surface area contributed by atoms with E-state index in [1.54, 1.807) is 7.11 Å². The van der Waals surface area contributed by atoms with Gasteiger partial charge in [-0.3, -0.25) is 4.79 Å². The quantitative estimate of drug-likeness (QED) is 0.884. The van der Waals surface area contributed by atoms with Crippen LogP contribution in [0.1, 0.15) is 36.8 Å². The van der Waals surface area contributed by atoms with Crippen molar-refractivity contribution in [2.75, 3.05) is 7.11 Å². The topological polar surface area (TPSA) is 58.6 Å². The average molecular weight is 277 g/mol. The van der Waals surface area contributed by atoms with E-state index in [9.17, 15) is 9.90 Å². The first-order valence-corrected chi connectivity index (χ1v) is 7.19. The summed E-state index contributed by atoms with van der Waals surface area (Å²) in [6.45, 7) is 1.98. The summed E-state index contributed by atoms with van der Waals surface area (Å²) in [5.41, 5.74) is 2.03. The van der Waals surface area contributed by atoms with Crippen molar-refractivity contribution in [2.24, 2.45) is 0 Å². The van der Waals surface area contributed by atoms with Gasteiger partial charge in [-0.1, -0.05) is 12.1 Å². The number of carbonyl (C=O) groups excluding carboxylic acids is 1. The Morgan fingerprint density at radius 1 is 1.35 bits per heavy atom. The van der Waals surface area contributed by atoms with E-state index in [4.69, 9.17) is 4.74 Å². The van der Waals surface area contributed by atoms with Gasteiger partial charge in [-0.15, -0.1) is 0 Å². The third-order valence-corrected chi connectivity index (χ3v) is 3.90. The Kier molecular flexibility index (Phi) is 5.01. The third-order valence-electron chi connectivity index (χ3n) is 3.90.